The number of hydrogen-bond acceptors (Lipinski definition) is 3. The molecule has 3 heteroatoms. The van der Waals surface area contributed by atoms with Crippen molar-refractivity contribution in [1.29, 1.82) is 0 Å². The van der Waals surface area contributed by atoms with E-state index in [-0.39, 0.29) is 5.54 Å². The fourth-order valence-corrected chi connectivity index (χ4v) is 4.22. The molecule has 21 heavy (non-hydrogen) atoms. The molecule has 2 aliphatic carbocycles. The molecule has 0 amide bonds. The summed E-state index contributed by atoms with van der Waals surface area (Å²) in [6.45, 7) is 9.91. The lowest BCUT2D eigenvalue weighted by atomic mass is 9.82. The molecule has 3 nitrogen and oxygen atoms in total. The van der Waals surface area contributed by atoms with Crippen LogP contribution in [0.1, 0.15) is 65.7 Å². The highest BCUT2D eigenvalue weighted by atomic mass is 16.5. The molecule has 0 heterocycles. The molecule has 2 atom stereocenters. The summed E-state index contributed by atoms with van der Waals surface area (Å²) < 4.78 is 5.39. The van der Waals surface area contributed by atoms with Gasteiger partial charge in [-0.1, -0.05) is 20.3 Å². The minimum Gasteiger partial charge on any atom is -0.383 e. The van der Waals surface area contributed by atoms with Gasteiger partial charge in [0.25, 0.3) is 0 Å². The van der Waals surface area contributed by atoms with Crippen LogP contribution in [0.5, 0.6) is 0 Å². The highest BCUT2D eigenvalue weighted by molar-refractivity contribution is 5.00. The van der Waals surface area contributed by atoms with Gasteiger partial charge in [-0.05, 0) is 56.8 Å². The molecule has 0 aromatic carbocycles. The summed E-state index contributed by atoms with van der Waals surface area (Å²) in [5, 5.41) is 0. The molecule has 124 valence electrons. The maximum absolute atomic E-state index is 6.34. The lowest BCUT2D eigenvalue weighted by Gasteiger charge is -2.47. The van der Waals surface area contributed by atoms with Gasteiger partial charge in [0, 0.05) is 31.8 Å². The largest absolute Gasteiger partial charge is 0.383 e. The zero-order valence-electron chi connectivity index (χ0n) is 14.7. The van der Waals surface area contributed by atoms with Gasteiger partial charge in [-0.25, -0.2) is 0 Å². The van der Waals surface area contributed by atoms with Crippen molar-refractivity contribution in [3.8, 4) is 0 Å². The first-order valence-corrected chi connectivity index (χ1v) is 8.90. The molecule has 0 aromatic heterocycles. The fraction of sp³-hybridized carbons (Fsp3) is 1.00. The Bertz CT molecular complexity index is 327. The Morgan fingerprint density at radius 1 is 1.19 bits per heavy atom. The van der Waals surface area contributed by atoms with Crippen LogP contribution in [0.25, 0.3) is 0 Å². The van der Waals surface area contributed by atoms with Crippen LogP contribution in [0.15, 0.2) is 0 Å². The second kappa shape index (κ2) is 6.97. The first-order valence-electron chi connectivity index (χ1n) is 8.90. The average molecular weight is 296 g/mol. The Kier molecular flexibility index (Phi) is 5.72. The number of rotatable bonds is 7. The zero-order valence-corrected chi connectivity index (χ0v) is 14.7. The molecule has 0 bridgehead atoms. The maximum Gasteiger partial charge on any atom is 0.0590 e. The first-order chi connectivity index (χ1) is 9.94. The lowest BCUT2D eigenvalue weighted by Crippen LogP contribution is -2.58. The minimum absolute atomic E-state index is 0.203. The number of nitrogens with two attached hydrogens (primary N) is 1. The molecular weight excluding hydrogens is 260 g/mol. The van der Waals surface area contributed by atoms with Crippen molar-refractivity contribution in [2.24, 2.45) is 17.1 Å². The van der Waals surface area contributed by atoms with Crippen LogP contribution in [0, 0.1) is 11.3 Å². The lowest BCUT2D eigenvalue weighted by molar-refractivity contribution is 0.00967. The van der Waals surface area contributed by atoms with Crippen LogP contribution in [0.4, 0.5) is 0 Å². The SMILES string of the molecule is COCCN(C(C)C1CC1)C1(CN)CCCC(C)(C)CC1. The molecule has 0 spiro atoms. The van der Waals surface area contributed by atoms with Crippen molar-refractivity contribution in [3.05, 3.63) is 0 Å². The zero-order chi connectivity index (χ0) is 15.5. The van der Waals surface area contributed by atoms with Gasteiger partial charge in [-0.3, -0.25) is 4.90 Å². The number of hydrogen-bond donors (Lipinski definition) is 1. The highest BCUT2D eigenvalue weighted by Crippen LogP contribution is 2.44. The van der Waals surface area contributed by atoms with Crippen molar-refractivity contribution in [2.45, 2.75) is 77.3 Å². The van der Waals surface area contributed by atoms with Gasteiger partial charge in [0.15, 0.2) is 0 Å². The van der Waals surface area contributed by atoms with Crippen molar-refractivity contribution >= 4 is 0 Å². The Morgan fingerprint density at radius 2 is 1.90 bits per heavy atom. The number of ether oxygens (including phenoxy) is 1. The third-order valence-corrected chi connectivity index (χ3v) is 6.08. The van der Waals surface area contributed by atoms with Crippen LogP contribution in [0.2, 0.25) is 0 Å². The molecule has 2 aliphatic rings. The summed E-state index contributed by atoms with van der Waals surface area (Å²) in [4.78, 5) is 2.73. The third kappa shape index (κ3) is 4.20. The topological polar surface area (TPSA) is 38.5 Å². The third-order valence-electron chi connectivity index (χ3n) is 6.08. The van der Waals surface area contributed by atoms with E-state index in [1.165, 1.54) is 44.9 Å². The quantitative estimate of drug-likeness (QED) is 0.732. The van der Waals surface area contributed by atoms with E-state index in [0.29, 0.717) is 11.5 Å². The first kappa shape index (κ1) is 17.2. The summed E-state index contributed by atoms with van der Waals surface area (Å²) in [7, 11) is 1.81. The molecule has 0 saturated heterocycles. The van der Waals surface area contributed by atoms with E-state index in [1.807, 2.05) is 7.11 Å². The van der Waals surface area contributed by atoms with E-state index in [0.717, 1.165) is 25.6 Å². The minimum atomic E-state index is 0.203. The van der Waals surface area contributed by atoms with E-state index >= 15 is 0 Å². The van der Waals surface area contributed by atoms with Crippen molar-refractivity contribution in [2.75, 3.05) is 26.8 Å². The van der Waals surface area contributed by atoms with Gasteiger partial charge >= 0.3 is 0 Å². The van der Waals surface area contributed by atoms with Crippen LogP contribution in [-0.4, -0.2) is 43.3 Å². The highest BCUT2D eigenvalue weighted by Gasteiger charge is 2.44. The van der Waals surface area contributed by atoms with E-state index < -0.39 is 0 Å². The number of nitrogens with zero attached hydrogens (tertiary/aromatic N) is 1. The fourth-order valence-electron chi connectivity index (χ4n) is 4.22. The Labute approximate surface area is 131 Å². The second-order valence-corrected chi connectivity index (χ2v) is 8.21. The van der Waals surface area contributed by atoms with Crippen LogP contribution in [0.3, 0.4) is 0 Å². The summed E-state index contributed by atoms with van der Waals surface area (Å²) in [6.07, 6.45) is 9.25. The summed E-state index contributed by atoms with van der Waals surface area (Å²) in [5.41, 5.74) is 7.03. The molecule has 2 fully saturated rings. The Balaban J connectivity index is 2.15. The Hall–Kier alpha value is -0.120. The Morgan fingerprint density at radius 3 is 2.48 bits per heavy atom. The van der Waals surface area contributed by atoms with Crippen LogP contribution >= 0.6 is 0 Å². The van der Waals surface area contributed by atoms with E-state index in [4.69, 9.17) is 10.5 Å². The monoisotopic (exact) mass is 296 g/mol. The molecular formula is C18H36N2O. The summed E-state index contributed by atoms with van der Waals surface area (Å²) >= 11 is 0. The predicted octanol–water partition coefficient (Wildman–Crippen LogP) is 3.42. The smallest absolute Gasteiger partial charge is 0.0590 e. The van der Waals surface area contributed by atoms with Crippen molar-refractivity contribution in [3.63, 3.8) is 0 Å². The second-order valence-electron chi connectivity index (χ2n) is 8.21. The van der Waals surface area contributed by atoms with Gasteiger partial charge in [0.05, 0.1) is 6.61 Å². The van der Waals surface area contributed by atoms with Crippen LogP contribution in [-0.2, 0) is 4.74 Å². The van der Waals surface area contributed by atoms with E-state index in [9.17, 15) is 0 Å². The van der Waals surface area contributed by atoms with Crippen molar-refractivity contribution < 1.29 is 4.74 Å². The molecule has 0 aromatic rings. The van der Waals surface area contributed by atoms with E-state index in [1.54, 1.807) is 0 Å². The molecule has 2 unspecified atom stereocenters. The standard InChI is InChI=1S/C18H36N2O/c1-15(16-6-7-16)20(12-13-21-4)18(14-19)9-5-8-17(2,3)10-11-18/h15-16H,5-14,19H2,1-4H3. The van der Waals surface area contributed by atoms with Gasteiger partial charge in [0.2, 0.25) is 0 Å². The van der Waals surface area contributed by atoms with Gasteiger partial charge in [-0.2, -0.15) is 0 Å². The molecule has 0 radical (unpaired) electrons. The molecule has 2 saturated carbocycles. The number of methoxy groups -OCH3 is 1. The normalized spacial score (nSPS) is 31.1. The van der Waals surface area contributed by atoms with E-state index in [2.05, 4.69) is 25.7 Å². The molecule has 2 rings (SSSR count). The predicted molar refractivity (Wildman–Crippen MR) is 89.4 cm³/mol. The molecule has 0 aliphatic heterocycles. The van der Waals surface area contributed by atoms with Crippen LogP contribution < -0.4 is 5.73 Å². The molecule has 2 N–H and O–H groups in total. The van der Waals surface area contributed by atoms with Gasteiger partial charge in [0.1, 0.15) is 0 Å². The summed E-state index contributed by atoms with van der Waals surface area (Å²) in [6, 6.07) is 0.657. The average Bonchev–Trinajstić information content (AvgIpc) is 3.28. The summed E-state index contributed by atoms with van der Waals surface area (Å²) in [5.74, 6) is 0.890. The van der Waals surface area contributed by atoms with Gasteiger partial charge in [-0.15, -0.1) is 0 Å². The van der Waals surface area contributed by atoms with Gasteiger partial charge < -0.3 is 10.5 Å². The van der Waals surface area contributed by atoms with Crippen molar-refractivity contribution in [1.82, 2.24) is 4.90 Å². The maximum atomic E-state index is 6.34.